The molecule has 1 heterocycles. The van der Waals surface area contributed by atoms with Crippen LogP contribution in [0, 0.1) is 16.7 Å². The van der Waals surface area contributed by atoms with Crippen LogP contribution < -0.4 is 10.6 Å². The van der Waals surface area contributed by atoms with E-state index in [4.69, 9.17) is 0 Å². The molecule has 1 saturated carbocycles. The highest BCUT2D eigenvalue weighted by molar-refractivity contribution is 5.87. The van der Waals surface area contributed by atoms with E-state index in [0.29, 0.717) is 26.1 Å². The van der Waals surface area contributed by atoms with Crippen molar-refractivity contribution in [3.63, 3.8) is 0 Å². The highest BCUT2D eigenvalue weighted by atomic mass is 16.2. The Morgan fingerprint density at radius 2 is 2.04 bits per heavy atom. The molecule has 1 aromatic rings. The Hall–Kier alpha value is -1.99. The largest absolute Gasteiger partial charge is 0.356 e. The van der Waals surface area contributed by atoms with Gasteiger partial charge in [-0.15, -0.1) is 5.10 Å². The summed E-state index contributed by atoms with van der Waals surface area (Å²) in [6.45, 7) is 9.49. The molecular weight excluding hydrogens is 296 g/mol. The number of carbonyl (C=O) groups excluding carboxylic acids is 2. The molecule has 0 saturated heterocycles. The fourth-order valence-corrected chi connectivity index (χ4v) is 3.42. The van der Waals surface area contributed by atoms with Crippen molar-refractivity contribution in [1.82, 2.24) is 30.8 Å². The lowest BCUT2D eigenvalue weighted by atomic mass is 9.65. The lowest BCUT2D eigenvalue weighted by Gasteiger charge is -2.39. The summed E-state index contributed by atoms with van der Waals surface area (Å²) >= 11 is 0. The van der Waals surface area contributed by atoms with Crippen LogP contribution in [0.25, 0.3) is 0 Å². The van der Waals surface area contributed by atoms with E-state index in [-0.39, 0.29) is 17.7 Å². The van der Waals surface area contributed by atoms with Gasteiger partial charge in [-0.3, -0.25) is 9.59 Å². The number of hydrogen-bond donors (Lipinski definition) is 2. The summed E-state index contributed by atoms with van der Waals surface area (Å²) < 4.78 is 1.57. The first-order valence-electron chi connectivity index (χ1n) is 8.09. The second-order valence-electron chi connectivity index (χ2n) is 6.87. The third-order valence-corrected chi connectivity index (χ3v) is 5.41. The molecule has 2 N–H and O–H groups in total. The number of amides is 2. The van der Waals surface area contributed by atoms with Crippen molar-refractivity contribution >= 4 is 11.8 Å². The summed E-state index contributed by atoms with van der Waals surface area (Å²) in [7, 11) is 0. The van der Waals surface area contributed by atoms with Crippen molar-refractivity contribution in [3.05, 3.63) is 6.33 Å². The van der Waals surface area contributed by atoms with Crippen LogP contribution in [-0.4, -0.2) is 45.1 Å². The average Bonchev–Trinajstić information content (AvgIpc) is 3.07. The quantitative estimate of drug-likeness (QED) is 0.788. The van der Waals surface area contributed by atoms with E-state index in [9.17, 15) is 9.59 Å². The molecule has 1 aliphatic rings. The van der Waals surface area contributed by atoms with Crippen LogP contribution in [-0.2, 0) is 16.1 Å². The number of nitrogens with zero attached hydrogens (tertiary/aromatic N) is 4. The van der Waals surface area contributed by atoms with Gasteiger partial charge in [0.15, 0.2) is 0 Å². The molecule has 0 unspecified atom stereocenters. The molecule has 0 spiro atoms. The minimum absolute atomic E-state index is 0.0117. The van der Waals surface area contributed by atoms with Gasteiger partial charge in [0, 0.05) is 19.0 Å². The van der Waals surface area contributed by atoms with Crippen LogP contribution in [0.15, 0.2) is 6.33 Å². The maximum atomic E-state index is 12.7. The average molecular weight is 322 g/mol. The summed E-state index contributed by atoms with van der Waals surface area (Å²) in [5.41, 5.74) is -0.964. The molecule has 8 heteroatoms. The van der Waals surface area contributed by atoms with E-state index in [2.05, 4.69) is 26.2 Å². The molecule has 2 rings (SSSR count). The van der Waals surface area contributed by atoms with Crippen LogP contribution in [0.3, 0.4) is 0 Å². The van der Waals surface area contributed by atoms with E-state index in [1.165, 1.54) is 6.33 Å². The van der Waals surface area contributed by atoms with Gasteiger partial charge >= 0.3 is 0 Å². The maximum Gasteiger partial charge on any atom is 0.226 e. The highest BCUT2D eigenvalue weighted by Gasteiger charge is 2.57. The Balaban J connectivity index is 1.99. The molecule has 128 valence electrons. The van der Waals surface area contributed by atoms with Gasteiger partial charge in [-0.2, -0.15) is 0 Å². The predicted molar refractivity (Wildman–Crippen MR) is 84.1 cm³/mol. The molecule has 0 aromatic carbocycles. The Morgan fingerprint density at radius 1 is 1.30 bits per heavy atom. The summed E-state index contributed by atoms with van der Waals surface area (Å²) in [5.74, 6) is -0.109. The minimum Gasteiger partial charge on any atom is -0.356 e. The van der Waals surface area contributed by atoms with Crippen molar-refractivity contribution in [3.8, 4) is 0 Å². The minimum atomic E-state index is -0.566. The standard InChI is InChI=1S/C15H26N6O2/c1-5-16-12(22)11-6-7-15(4,14(11,2)3)13(23)17-8-9-21-10-18-19-20-21/h10-11H,5-9H2,1-4H3,(H,16,22)(H,17,23)/t11-,15+/m0/s1. The zero-order valence-electron chi connectivity index (χ0n) is 14.3. The first-order chi connectivity index (χ1) is 10.8. The van der Waals surface area contributed by atoms with E-state index in [0.717, 1.165) is 6.42 Å². The van der Waals surface area contributed by atoms with E-state index >= 15 is 0 Å². The zero-order valence-corrected chi connectivity index (χ0v) is 14.3. The monoisotopic (exact) mass is 322 g/mol. The van der Waals surface area contributed by atoms with Gasteiger partial charge in [-0.05, 0) is 35.6 Å². The van der Waals surface area contributed by atoms with Crippen LogP contribution in [0.1, 0.15) is 40.5 Å². The highest BCUT2D eigenvalue weighted by Crippen LogP contribution is 2.56. The molecule has 1 aliphatic carbocycles. The molecule has 0 radical (unpaired) electrons. The Labute approximate surface area is 136 Å². The molecule has 8 nitrogen and oxygen atoms in total. The lowest BCUT2D eigenvalue weighted by molar-refractivity contribution is -0.138. The Kier molecular flexibility index (Phi) is 5.01. The van der Waals surface area contributed by atoms with Crippen LogP contribution in [0.2, 0.25) is 0 Å². The van der Waals surface area contributed by atoms with Crippen LogP contribution >= 0.6 is 0 Å². The van der Waals surface area contributed by atoms with Crippen LogP contribution in [0.4, 0.5) is 0 Å². The van der Waals surface area contributed by atoms with Crippen LogP contribution in [0.5, 0.6) is 0 Å². The smallest absolute Gasteiger partial charge is 0.226 e. The van der Waals surface area contributed by atoms with Crippen molar-refractivity contribution < 1.29 is 9.59 Å². The third-order valence-electron chi connectivity index (χ3n) is 5.41. The molecule has 1 aromatic heterocycles. The summed E-state index contributed by atoms with van der Waals surface area (Å²) in [4.78, 5) is 25.0. The van der Waals surface area contributed by atoms with E-state index in [1.54, 1.807) is 4.68 Å². The van der Waals surface area contributed by atoms with Gasteiger partial charge in [0.2, 0.25) is 11.8 Å². The molecular formula is C15H26N6O2. The lowest BCUT2D eigenvalue weighted by Crippen LogP contribution is -2.50. The van der Waals surface area contributed by atoms with Gasteiger partial charge in [-0.25, -0.2) is 4.68 Å². The molecule has 1 fully saturated rings. The molecule has 0 bridgehead atoms. The third kappa shape index (κ3) is 3.20. The van der Waals surface area contributed by atoms with Gasteiger partial charge < -0.3 is 10.6 Å². The van der Waals surface area contributed by atoms with Crippen molar-refractivity contribution in [2.75, 3.05) is 13.1 Å². The molecule has 0 aliphatic heterocycles. The molecule has 2 amide bonds. The van der Waals surface area contributed by atoms with Gasteiger partial charge in [0.05, 0.1) is 12.0 Å². The zero-order chi connectivity index (χ0) is 17.1. The Bertz CT molecular complexity index is 556. The van der Waals surface area contributed by atoms with E-state index < -0.39 is 10.8 Å². The number of hydrogen-bond acceptors (Lipinski definition) is 5. The number of rotatable bonds is 6. The van der Waals surface area contributed by atoms with Gasteiger partial charge in [0.25, 0.3) is 0 Å². The van der Waals surface area contributed by atoms with Crippen molar-refractivity contribution in [2.24, 2.45) is 16.7 Å². The van der Waals surface area contributed by atoms with Gasteiger partial charge in [0.1, 0.15) is 6.33 Å². The SMILES string of the molecule is CCNC(=O)[C@@H]1CC[C@](C)(C(=O)NCCn2cnnn2)C1(C)C. The maximum absolute atomic E-state index is 12.7. The number of nitrogens with one attached hydrogen (secondary N) is 2. The first-order valence-corrected chi connectivity index (χ1v) is 8.09. The number of aromatic nitrogens is 4. The topological polar surface area (TPSA) is 102 Å². The molecule has 2 atom stereocenters. The second-order valence-corrected chi connectivity index (χ2v) is 6.87. The predicted octanol–water partition coefficient (Wildman–Crippen LogP) is 0.368. The fraction of sp³-hybridized carbons (Fsp3) is 0.800. The normalized spacial score (nSPS) is 26.0. The van der Waals surface area contributed by atoms with Crippen molar-refractivity contribution in [1.29, 1.82) is 0 Å². The summed E-state index contributed by atoms with van der Waals surface area (Å²) in [6.07, 6.45) is 2.95. The second kappa shape index (κ2) is 6.64. The number of carbonyl (C=O) groups is 2. The van der Waals surface area contributed by atoms with E-state index in [1.807, 2.05) is 27.7 Å². The van der Waals surface area contributed by atoms with Gasteiger partial charge in [-0.1, -0.05) is 20.8 Å². The fourth-order valence-electron chi connectivity index (χ4n) is 3.42. The first kappa shape index (κ1) is 17.4. The summed E-state index contributed by atoms with van der Waals surface area (Å²) in [6, 6.07) is 0. The molecule has 23 heavy (non-hydrogen) atoms. The van der Waals surface area contributed by atoms with Crippen molar-refractivity contribution in [2.45, 2.75) is 47.1 Å². The Morgan fingerprint density at radius 3 is 2.65 bits per heavy atom. The summed E-state index contributed by atoms with van der Waals surface area (Å²) in [5, 5.41) is 16.7. The number of tetrazole rings is 1.